The fraction of sp³-hybridized carbons (Fsp3) is 0. The van der Waals surface area contributed by atoms with Crippen LogP contribution in [0.5, 0.6) is 0 Å². The molecule has 148 valence electrons. The number of anilines is 1. The second-order valence-electron chi connectivity index (χ2n) is 6.36. The number of benzene rings is 3. The van der Waals surface area contributed by atoms with E-state index in [0.717, 1.165) is 27.9 Å². The van der Waals surface area contributed by atoms with Crippen LogP contribution in [0.3, 0.4) is 0 Å². The standard InChI is InChI=1S/C23H16ClN3O2S/c24-20-12-16(10-11-19(20)22(28)29)18-9-5-4-8-17(18)13-25-27-23-26-21(14-30-23)15-6-2-1-3-7-15/h1-14H,(H,26,27)(H,28,29). The Morgan fingerprint density at radius 3 is 2.57 bits per heavy atom. The van der Waals surface area contributed by atoms with Gasteiger partial charge in [0.2, 0.25) is 5.13 Å². The number of carboxylic acid groups (broad SMARTS) is 1. The van der Waals surface area contributed by atoms with E-state index in [-0.39, 0.29) is 10.6 Å². The lowest BCUT2D eigenvalue weighted by Gasteiger charge is -2.08. The maximum Gasteiger partial charge on any atom is 0.337 e. The van der Waals surface area contributed by atoms with Gasteiger partial charge in [0, 0.05) is 16.5 Å². The molecule has 1 heterocycles. The zero-order chi connectivity index (χ0) is 20.9. The van der Waals surface area contributed by atoms with Gasteiger partial charge < -0.3 is 5.11 Å². The fourth-order valence-electron chi connectivity index (χ4n) is 2.95. The van der Waals surface area contributed by atoms with Gasteiger partial charge in [0.05, 0.1) is 22.5 Å². The summed E-state index contributed by atoms with van der Waals surface area (Å²) in [5, 5.41) is 16.3. The molecule has 0 spiro atoms. The summed E-state index contributed by atoms with van der Waals surface area (Å²) in [5.41, 5.74) is 7.57. The average molecular weight is 434 g/mol. The van der Waals surface area contributed by atoms with E-state index in [1.54, 1.807) is 18.3 Å². The first-order valence-corrected chi connectivity index (χ1v) is 10.3. The van der Waals surface area contributed by atoms with Crippen LogP contribution >= 0.6 is 22.9 Å². The summed E-state index contributed by atoms with van der Waals surface area (Å²) in [7, 11) is 0. The first-order valence-electron chi connectivity index (χ1n) is 9.04. The maximum atomic E-state index is 11.2. The highest BCUT2D eigenvalue weighted by molar-refractivity contribution is 7.14. The largest absolute Gasteiger partial charge is 0.478 e. The van der Waals surface area contributed by atoms with Crippen LogP contribution < -0.4 is 5.43 Å². The first-order chi connectivity index (χ1) is 14.6. The molecule has 7 heteroatoms. The van der Waals surface area contributed by atoms with Crippen molar-refractivity contribution in [1.29, 1.82) is 0 Å². The van der Waals surface area contributed by atoms with Crippen molar-refractivity contribution in [3.8, 4) is 22.4 Å². The molecule has 1 aromatic heterocycles. The van der Waals surface area contributed by atoms with Crippen LogP contribution in [0.1, 0.15) is 15.9 Å². The molecule has 5 nitrogen and oxygen atoms in total. The number of carbonyl (C=O) groups is 1. The number of hydrogen-bond donors (Lipinski definition) is 2. The Morgan fingerprint density at radius 2 is 1.80 bits per heavy atom. The molecule has 30 heavy (non-hydrogen) atoms. The van der Waals surface area contributed by atoms with Crippen molar-refractivity contribution in [3.63, 3.8) is 0 Å². The maximum absolute atomic E-state index is 11.2. The molecule has 0 aliphatic carbocycles. The number of rotatable bonds is 6. The van der Waals surface area contributed by atoms with Crippen molar-refractivity contribution in [1.82, 2.24) is 4.98 Å². The van der Waals surface area contributed by atoms with Crippen LogP contribution in [0.15, 0.2) is 83.3 Å². The van der Waals surface area contributed by atoms with E-state index in [0.29, 0.717) is 5.13 Å². The monoisotopic (exact) mass is 433 g/mol. The van der Waals surface area contributed by atoms with Crippen molar-refractivity contribution in [2.45, 2.75) is 0 Å². The van der Waals surface area contributed by atoms with E-state index in [4.69, 9.17) is 16.7 Å². The number of aromatic carboxylic acids is 1. The molecule has 0 saturated carbocycles. The minimum atomic E-state index is -1.05. The highest BCUT2D eigenvalue weighted by Gasteiger charge is 2.11. The van der Waals surface area contributed by atoms with Gasteiger partial charge in [-0.1, -0.05) is 72.3 Å². The number of halogens is 1. The molecule has 0 saturated heterocycles. The van der Waals surface area contributed by atoms with Crippen molar-refractivity contribution in [3.05, 3.63) is 94.3 Å². The molecule has 0 aliphatic rings. The quantitative estimate of drug-likeness (QED) is 0.277. The van der Waals surface area contributed by atoms with Gasteiger partial charge in [-0.15, -0.1) is 11.3 Å². The predicted octanol–water partition coefficient (Wildman–Crippen LogP) is 6.27. The lowest BCUT2D eigenvalue weighted by Crippen LogP contribution is -1.98. The summed E-state index contributed by atoms with van der Waals surface area (Å²) in [6, 6.07) is 22.5. The summed E-state index contributed by atoms with van der Waals surface area (Å²) in [5.74, 6) is -1.05. The molecule has 0 atom stereocenters. The zero-order valence-electron chi connectivity index (χ0n) is 15.6. The Labute approximate surface area is 182 Å². The molecule has 4 rings (SSSR count). The van der Waals surface area contributed by atoms with Crippen LogP contribution in [0.2, 0.25) is 5.02 Å². The Balaban J connectivity index is 1.54. The average Bonchev–Trinajstić information content (AvgIpc) is 3.23. The van der Waals surface area contributed by atoms with E-state index >= 15 is 0 Å². The van der Waals surface area contributed by atoms with Gasteiger partial charge in [-0.25, -0.2) is 9.78 Å². The van der Waals surface area contributed by atoms with Gasteiger partial charge in [0.1, 0.15) is 0 Å². The fourth-order valence-corrected chi connectivity index (χ4v) is 3.88. The summed E-state index contributed by atoms with van der Waals surface area (Å²) in [4.78, 5) is 15.7. The van der Waals surface area contributed by atoms with Crippen LogP contribution in [0, 0.1) is 0 Å². The van der Waals surface area contributed by atoms with E-state index < -0.39 is 5.97 Å². The zero-order valence-corrected chi connectivity index (χ0v) is 17.2. The Hall–Kier alpha value is -3.48. The topological polar surface area (TPSA) is 74.6 Å². The van der Waals surface area contributed by atoms with Gasteiger partial charge in [0.25, 0.3) is 0 Å². The van der Waals surface area contributed by atoms with Crippen molar-refractivity contribution in [2.24, 2.45) is 5.10 Å². The third kappa shape index (κ3) is 4.40. The molecular weight excluding hydrogens is 418 g/mol. The summed E-state index contributed by atoms with van der Waals surface area (Å²) < 4.78 is 0. The molecular formula is C23H16ClN3O2S. The highest BCUT2D eigenvalue weighted by atomic mass is 35.5. The van der Waals surface area contributed by atoms with E-state index in [9.17, 15) is 4.79 Å². The van der Waals surface area contributed by atoms with E-state index in [1.807, 2.05) is 60.0 Å². The number of nitrogens with zero attached hydrogens (tertiary/aromatic N) is 2. The number of nitrogens with one attached hydrogen (secondary N) is 1. The molecule has 0 fully saturated rings. The lowest BCUT2D eigenvalue weighted by molar-refractivity contribution is 0.0697. The van der Waals surface area contributed by atoms with E-state index in [2.05, 4.69) is 15.5 Å². The minimum absolute atomic E-state index is 0.0752. The van der Waals surface area contributed by atoms with Crippen molar-refractivity contribution in [2.75, 3.05) is 5.43 Å². The second-order valence-corrected chi connectivity index (χ2v) is 7.63. The van der Waals surface area contributed by atoms with Crippen molar-refractivity contribution < 1.29 is 9.90 Å². The molecule has 0 amide bonds. The molecule has 0 bridgehead atoms. The Kier molecular flexibility index (Phi) is 5.88. The molecule has 0 unspecified atom stereocenters. The number of aromatic nitrogens is 1. The molecule has 0 radical (unpaired) electrons. The Morgan fingerprint density at radius 1 is 1.03 bits per heavy atom. The number of hydrogen-bond acceptors (Lipinski definition) is 5. The van der Waals surface area contributed by atoms with Gasteiger partial charge in [-0.3, -0.25) is 5.43 Å². The second kappa shape index (κ2) is 8.90. The molecule has 2 N–H and O–H groups in total. The third-order valence-electron chi connectivity index (χ3n) is 4.41. The lowest BCUT2D eigenvalue weighted by atomic mass is 9.99. The number of thiazole rings is 1. The van der Waals surface area contributed by atoms with Crippen LogP contribution in [0.4, 0.5) is 5.13 Å². The first kappa shape index (κ1) is 19.8. The smallest absolute Gasteiger partial charge is 0.337 e. The summed E-state index contributed by atoms with van der Waals surface area (Å²) in [6.45, 7) is 0. The summed E-state index contributed by atoms with van der Waals surface area (Å²) in [6.07, 6.45) is 1.71. The SMILES string of the molecule is O=C(O)c1ccc(-c2ccccc2C=NNc2nc(-c3ccccc3)cs2)cc1Cl. The van der Waals surface area contributed by atoms with Gasteiger partial charge >= 0.3 is 5.97 Å². The number of carboxylic acids is 1. The normalized spacial score (nSPS) is 11.0. The van der Waals surface area contributed by atoms with Crippen LogP contribution in [0.25, 0.3) is 22.4 Å². The van der Waals surface area contributed by atoms with Gasteiger partial charge in [-0.05, 0) is 23.3 Å². The van der Waals surface area contributed by atoms with E-state index in [1.165, 1.54) is 17.4 Å². The molecule has 4 aromatic rings. The Bertz CT molecular complexity index is 1220. The minimum Gasteiger partial charge on any atom is -0.478 e. The van der Waals surface area contributed by atoms with Crippen molar-refractivity contribution >= 4 is 40.3 Å². The summed E-state index contributed by atoms with van der Waals surface area (Å²) >= 11 is 7.61. The van der Waals surface area contributed by atoms with Gasteiger partial charge in [0.15, 0.2) is 0 Å². The highest BCUT2D eigenvalue weighted by Crippen LogP contribution is 2.28. The number of hydrazone groups is 1. The van der Waals surface area contributed by atoms with Crippen LogP contribution in [-0.2, 0) is 0 Å². The molecule has 0 aliphatic heterocycles. The third-order valence-corrected chi connectivity index (χ3v) is 5.47. The van der Waals surface area contributed by atoms with Crippen LogP contribution in [-0.4, -0.2) is 22.3 Å². The molecule has 3 aromatic carbocycles. The van der Waals surface area contributed by atoms with Gasteiger partial charge in [-0.2, -0.15) is 5.10 Å². The predicted molar refractivity (Wildman–Crippen MR) is 123 cm³/mol.